The number of piperidine rings is 1. The quantitative estimate of drug-likeness (QED) is 0.871. The predicted molar refractivity (Wildman–Crippen MR) is 88.5 cm³/mol. The van der Waals surface area contributed by atoms with E-state index in [0.717, 1.165) is 25.9 Å². The van der Waals surface area contributed by atoms with Crippen LogP contribution < -0.4 is 5.32 Å². The van der Waals surface area contributed by atoms with E-state index in [0.29, 0.717) is 24.1 Å². The molecule has 0 amide bonds. The highest BCUT2D eigenvalue weighted by Gasteiger charge is 2.32. The Morgan fingerprint density at radius 3 is 2.24 bits per heavy atom. The highest BCUT2D eigenvalue weighted by atomic mass is 16.5. The molecule has 2 unspecified atom stereocenters. The van der Waals surface area contributed by atoms with Gasteiger partial charge in [-0.1, -0.05) is 44.2 Å². The van der Waals surface area contributed by atoms with Gasteiger partial charge in [0.2, 0.25) is 0 Å². The summed E-state index contributed by atoms with van der Waals surface area (Å²) in [5.74, 6) is 0.613. The SMILES string of the molecule is CNC(c1ccccc1)C(C(C)C)N1CCC(OC)CC1. The summed E-state index contributed by atoms with van der Waals surface area (Å²) in [6.45, 7) is 6.93. The maximum Gasteiger partial charge on any atom is 0.0595 e. The highest BCUT2D eigenvalue weighted by Crippen LogP contribution is 2.29. The van der Waals surface area contributed by atoms with E-state index in [9.17, 15) is 0 Å². The number of hydrogen-bond acceptors (Lipinski definition) is 3. The highest BCUT2D eigenvalue weighted by molar-refractivity contribution is 5.21. The molecule has 1 heterocycles. The van der Waals surface area contributed by atoms with E-state index in [4.69, 9.17) is 4.74 Å². The van der Waals surface area contributed by atoms with Crippen molar-refractivity contribution in [3.8, 4) is 0 Å². The smallest absolute Gasteiger partial charge is 0.0595 e. The molecule has 0 saturated carbocycles. The Bertz CT molecular complexity index is 399. The molecule has 0 radical (unpaired) electrons. The molecule has 0 aliphatic carbocycles. The van der Waals surface area contributed by atoms with E-state index < -0.39 is 0 Å². The third kappa shape index (κ3) is 4.06. The molecule has 21 heavy (non-hydrogen) atoms. The van der Waals surface area contributed by atoms with Crippen molar-refractivity contribution in [1.29, 1.82) is 0 Å². The molecule has 2 rings (SSSR count). The van der Waals surface area contributed by atoms with Crippen LogP contribution in [0.3, 0.4) is 0 Å². The molecule has 0 aromatic heterocycles. The first-order chi connectivity index (χ1) is 10.2. The number of nitrogens with one attached hydrogen (secondary N) is 1. The molecule has 1 fully saturated rings. The van der Waals surface area contributed by atoms with Gasteiger partial charge >= 0.3 is 0 Å². The van der Waals surface area contributed by atoms with Crippen molar-refractivity contribution in [3.05, 3.63) is 35.9 Å². The first-order valence-corrected chi connectivity index (χ1v) is 8.16. The number of methoxy groups -OCH3 is 1. The molecular formula is C18H30N2O. The third-order valence-corrected chi connectivity index (χ3v) is 4.73. The Labute approximate surface area is 129 Å². The van der Waals surface area contributed by atoms with Crippen molar-refractivity contribution in [2.75, 3.05) is 27.2 Å². The lowest BCUT2D eigenvalue weighted by atomic mass is 9.88. The fraction of sp³-hybridized carbons (Fsp3) is 0.667. The first-order valence-electron chi connectivity index (χ1n) is 8.16. The molecule has 3 nitrogen and oxygen atoms in total. The van der Waals surface area contributed by atoms with Gasteiger partial charge in [-0.25, -0.2) is 0 Å². The molecule has 1 aromatic carbocycles. The minimum atomic E-state index is 0.380. The maximum absolute atomic E-state index is 5.51. The summed E-state index contributed by atoms with van der Waals surface area (Å²) >= 11 is 0. The number of benzene rings is 1. The van der Waals surface area contributed by atoms with Gasteiger partial charge < -0.3 is 10.1 Å². The van der Waals surface area contributed by atoms with E-state index in [1.54, 1.807) is 0 Å². The van der Waals surface area contributed by atoms with Gasteiger partial charge in [-0.15, -0.1) is 0 Å². The van der Waals surface area contributed by atoms with Gasteiger partial charge in [-0.3, -0.25) is 4.90 Å². The van der Waals surface area contributed by atoms with Crippen LogP contribution >= 0.6 is 0 Å². The average Bonchev–Trinajstić information content (AvgIpc) is 2.53. The standard InChI is InChI=1S/C18H30N2O/c1-14(2)18(20-12-10-16(21-4)11-13-20)17(19-3)15-8-6-5-7-9-15/h5-9,14,16-19H,10-13H2,1-4H3. The van der Waals surface area contributed by atoms with E-state index in [-0.39, 0.29) is 0 Å². The summed E-state index contributed by atoms with van der Waals surface area (Å²) in [7, 11) is 3.91. The zero-order valence-corrected chi connectivity index (χ0v) is 13.9. The van der Waals surface area contributed by atoms with Crippen molar-refractivity contribution in [2.24, 2.45) is 5.92 Å². The zero-order valence-electron chi connectivity index (χ0n) is 13.9. The molecule has 1 N–H and O–H groups in total. The number of likely N-dealkylation sites (tertiary alicyclic amines) is 1. The molecular weight excluding hydrogens is 260 g/mol. The molecule has 118 valence electrons. The van der Waals surface area contributed by atoms with Crippen LogP contribution in [0.5, 0.6) is 0 Å². The maximum atomic E-state index is 5.51. The van der Waals surface area contributed by atoms with Gasteiger partial charge in [0.15, 0.2) is 0 Å². The second-order valence-corrected chi connectivity index (χ2v) is 6.38. The molecule has 0 spiro atoms. The fourth-order valence-corrected chi connectivity index (χ4v) is 3.62. The second kappa shape index (κ2) is 7.92. The summed E-state index contributed by atoms with van der Waals surface area (Å²) in [5.41, 5.74) is 1.38. The van der Waals surface area contributed by atoms with Crippen LogP contribution in [0, 0.1) is 5.92 Å². The Balaban J connectivity index is 2.14. The topological polar surface area (TPSA) is 24.5 Å². The number of hydrogen-bond donors (Lipinski definition) is 1. The van der Waals surface area contributed by atoms with Gasteiger partial charge in [-0.2, -0.15) is 0 Å². The Morgan fingerprint density at radius 1 is 1.14 bits per heavy atom. The van der Waals surface area contributed by atoms with Gasteiger partial charge in [-0.05, 0) is 31.4 Å². The minimum Gasteiger partial charge on any atom is -0.381 e. The largest absolute Gasteiger partial charge is 0.381 e. The monoisotopic (exact) mass is 290 g/mol. The van der Waals surface area contributed by atoms with Crippen LogP contribution in [0.15, 0.2) is 30.3 Å². The number of rotatable bonds is 6. The van der Waals surface area contributed by atoms with E-state index in [2.05, 4.69) is 61.4 Å². The van der Waals surface area contributed by atoms with Crippen LogP contribution in [0.2, 0.25) is 0 Å². The predicted octanol–water partition coefficient (Wildman–Crippen LogP) is 3.08. The molecule has 3 heteroatoms. The molecule has 1 aromatic rings. The van der Waals surface area contributed by atoms with Crippen LogP contribution in [0.1, 0.15) is 38.3 Å². The number of likely N-dealkylation sites (N-methyl/N-ethyl adjacent to an activating group) is 1. The molecule has 1 aliphatic heterocycles. The van der Waals surface area contributed by atoms with Crippen LogP contribution in [-0.2, 0) is 4.74 Å². The van der Waals surface area contributed by atoms with Crippen LogP contribution in [0.25, 0.3) is 0 Å². The van der Waals surface area contributed by atoms with Crippen molar-refractivity contribution in [1.82, 2.24) is 10.2 Å². The lowest BCUT2D eigenvalue weighted by Gasteiger charge is -2.43. The molecule has 1 saturated heterocycles. The van der Waals surface area contributed by atoms with Crippen molar-refractivity contribution in [2.45, 2.75) is 44.9 Å². The summed E-state index contributed by atoms with van der Waals surface area (Å²) in [5, 5.41) is 3.55. The zero-order chi connectivity index (χ0) is 15.2. The van der Waals surface area contributed by atoms with Crippen molar-refractivity contribution >= 4 is 0 Å². The van der Waals surface area contributed by atoms with Gasteiger partial charge in [0.05, 0.1) is 6.10 Å². The summed E-state index contributed by atoms with van der Waals surface area (Å²) in [6, 6.07) is 11.7. The first kappa shape index (κ1) is 16.5. The summed E-state index contributed by atoms with van der Waals surface area (Å²) in [6.07, 6.45) is 2.73. The normalized spacial score (nSPS) is 20.6. The third-order valence-electron chi connectivity index (χ3n) is 4.73. The van der Waals surface area contributed by atoms with Crippen molar-refractivity contribution < 1.29 is 4.74 Å². The lowest BCUT2D eigenvalue weighted by molar-refractivity contribution is 0.0111. The van der Waals surface area contributed by atoms with E-state index >= 15 is 0 Å². The lowest BCUT2D eigenvalue weighted by Crippen LogP contribution is -2.51. The van der Waals surface area contributed by atoms with Crippen LogP contribution in [-0.4, -0.2) is 44.3 Å². The summed E-state index contributed by atoms with van der Waals surface area (Å²) < 4.78 is 5.51. The van der Waals surface area contributed by atoms with E-state index in [1.807, 2.05) is 7.11 Å². The Hall–Kier alpha value is -0.900. The van der Waals surface area contributed by atoms with Crippen molar-refractivity contribution in [3.63, 3.8) is 0 Å². The molecule has 0 bridgehead atoms. The van der Waals surface area contributed by atoms with Gasteiger partial charge in [0.1, 0.15) is 0 Å². The molecule has 1 aliphatic rings. The van der Waals surface area contributed by atoms with Gasteiger partial charge in [0, 0.05) is 32.3 Å². The Morgan fingerprint density at radius 2 is 1.76 bits per heavy atom. The fourth-order valence-electron chi connectivity index (χ4n) is 3.62. The van der Waals surface area contributed by atoms with Gasteiger partial charge in [0.25, 0.3) is 0 Å². The average molecular weight is 290 g/mol. The molecule has 2 atom stereocenters. The minimum absolute atomic E-state index is 0.380. The number of ether oxygens (including phenoxy) is 1. The van der Waals surface area contributed by atoms with E-state index in [1.165, 1.54) is 5.56 Å². The Kier molecular flexibility index (Phi) is 6.22. The summed E-state index contributed by atoms with van der Waals surface area (Å²) in [4.78, 5) is 2.65. The van der Waals surface area contributed by atoms with Crippen LogP contribution in [0.4, 0.5) is 0 Å². The second-order valence-electron chi connectivity index (χ2n) is 6.38. The number of nitrogens with zero attached hydrogens (tertiary/aromatic N) is 1.